The highest BCUT2D eigenvalue weighted by atomic mass is 127. The van der Waals surface area contributed by atoms with E-state index in [0.29, 0.717) is 6.10 Å². The Morgan fingerprint density at radius 3 is 2.63 bits per heavy atom. The Morgan fingerprint density at radius 1 is 1.26 bits per heavy atom. The predicted octanol–water partition coefficient (Wildman–Crippen LogP) is 4.67. The van der Waals surface area contributed by atoms with Gasteiger partial charge in [0.05, 0.1) is 9.67 Å². The van der Waals surface area contributed by atoms with Crippen LogP contribution in [0, 0.1) is 24.3 Å². The van der Waals surface area contributed by atoms with E-state index in [1.807, 2.05) is 6.92 Å². The number of halogens is 1. The number of ether oxygens (including phenoxy) is 1. The highest BCUT2D eigenvalue weighted by Crippen LogP contribution is 2.35. The summed E-state index contributed by atoms with van der Waals surface area (Å²) in [5, 5.41) is 0. The van der Waals surface area contributed by atoms with E-state index in [0.717, 1.165) is 46.6 Å². The summed E-state index contributed by atoms with van der Waals surface area (Å²) in [4.78, 5) is 20.2. The van der Waals surface area contributed by atoms with E-state index in [2.05, 4.69) is 64.5 Å². The van der Waals surface area contributed by atoms with Crippen LogP contribution in [0.3, 0.4) is 0 Å². The number of hydrogen-bond acceptors (Lipinski definition) is 4. The fraction of sp³-hybridized carbons (Fsp3) is 0.476. The van der Waals surface area contributed by atoms with Gasteiger partial charge in [-0.3, -0.25) is 9.69 Å². The fourth-order valence-electron chi connectivity index (χ4n) is 3.69. The average Bonchev–Trinajstić information content (AvgIpc) is 2.62. The van der Waals surface area contributed by atoms with Crippen molar-refractivity contribution in [3.63, 3.8) is 0 Å². The van der Waals surface area contributed by atoms with E-state index in [-0.39, 0.29) is 5.56 Å². The van der Waals surface area contributed by atoms with Crippen LogP contribution in [0.5, 0.6) is 0 Å². The molecule has 0 amide bonds. The van der Waals surface area contributed by atoms with Crippen LogP contribution in [-0.4, -0.2) is 36.2 Å². The molecule has 146 valence electrons. The summed E-state index contributed by atoms with van der Waals surface area (Å²) in [6, 6.07) is 6.56. The molecule has 1 aliphatic rings. The quantitative estimate of drug-likeness (QED) is 0.609. The molecule has 0 radical (unpaired) electrons. The minimum absolute atomic E-state index is 0.00265. The Kier molecular flexibility index (Phi) is 7.05. The molecule has 1 aliphatic heterocycles. The molecule has 1 aromatic heterocycles. The van der Waals surface area contributed by atoms with Crippen molar-refractivity contribution in [2.24, 2.45) is 0 Å². The Balaban J connectivity index is 1.95. The van der Waals surface area contributed by atoms with Gasteiger partial charge in [0.25, 0.3) is 5.56 Å². The third-order valence-corrected chi connectivity index (χ3v) is 7.54. The number of likely N-dealkylation sites (tertiary alicyclic amines) is 1. The topological polar surface area (TPSA) is 45.3 Å². The zero-order valence-corrected chi connectivity index (χ0v) is 19.4. The van der Waals surface area contributed by atoms with Crippen LogP contribution in [0.4, 0.5) is 0 Å². The number of nitrogens with one attached hydrogen (secondary N) is 1. The van der Waals surface area contributed by atoms with Crippen molar-refractivity contribution in [1.29, 1.82) is 0 Å². The lowest BCUT2D eigenvalue weighted by atomic mass is 10.1. The van der Waals surface area contributed by atoms with Crippen molar-refractivity contribution >= 4 is 34.4 Å². The molecule has 1 fully saturated rings. The summed E-state index contributed by atoms with van der Waals surface area (Å²) < 4.78 is 6.35. The van der Waals surface area contributed by atoms with E-state index in [1.165, 1.54) is 21.6 Å². The molecule has 2 aromatic rings. The van der Waals surface area contributed by atoms with Gasteiger partial charge in [0.1, 0.15) is 0 Å². The number of aryl methyl sites for hydroxylation is 3. The highest BCUT2D eigenvalue weighted by molar-refractivity contribution is 14.1. The summed E-state index contributed by atoms with van der Waals surface area (Å²) in [6.45, 7) is 9.10. The lowest BCUT2D eigenvalue weighted by molar-refractivity contribution is 0.0282. The molecule has 1 atom stereocenters. The van der Waals surface area contributed by atoms with E-state index in [9.17, 15) is 4.79 Å². The summed E-state index contributed by atoms with van der Waals surface area (Å²) in [6.07, 6.45) is 2.58. The van der Waals surface area contributed by atoms with Crippen LogP contribution in [0.25, 0.3) is 0 Å². The Bertz CT molecular complexity index is 861. The van der Waals surface area contributed by atoms with Gasteiger partial charge in [-0.2, -0.15) is 0 Å². The largest absolute Gasteiger partial charge is 0.380 e. The molecule has 1 aromatic carbocycles. The zero-order valence-electron chi connectivity index (χ0n) is 16.4. The number of nitrogens with zero attached hydrogens (tertiary/aromatic N) is 1. The van der Waals surface area contributed by atoms with Crippen molar-refractivity contribution in [3.8, 4) is 0 Å². The van der Waals surface area contributed by atoms with E-state index < -0.39 is 0 Å². The van der Waals surface area contributed by atoms with Crippen LogP contribution in [0.15, 0.2) is 32.8 Å². The maximum absolute atomic E-state index is 12.4. The predicted molar refractivity (Wildman–Crippen MR) is 120 cm³/mol. The molecule has 0 spiro atoms. The first kappa shape index (κ1) is 20.9. The van der Waals surface area contributed by atoms with Crippen LogP contribution in [-0.2, 0) is 11.3 Å². The number of methoxy groups -OCH3 is 1. The zero-order chi connectivity index (χ0) is 19.6. The minimum atomic E-state index is -0.00265. The molecular weight excluding hydrogens is 471 g/mol. The van der Waals surface area contributed by atoms with Crippen LogP contribution in [0.2, 0.25) is 0 Å². The minimum Gasteiger partial charge on any atom is -0.380 e. The Hall–Kier alpha value is -0.830. The third kappa shape index (κ3) is 5.16. The SMILES string of the molecule is COC1CCCN(Cc2c(C)[nH]c(=O)c(I)c2Sc2cc(C)cc(C)c2)C1. The van der Waals surface area contributed by atoms with Crippen molar-refractivity contribution in [2.45, 2.75) is 56.1 Å². The lowest BCUT2D eigenvalue weighted by Crippen LogP contribution is -2.39. The van der Waals surface area contributed by atoms with Gasteiger partial charge in [-0.05, 0) is 86.0 Å². The van der Waals surface area contributed by atoms with Crippen LogP contribution in [0.1, 0.15) is 35.2 Å². The van der Waals surface area contributed by atoms with Gasteiger partial charge in [0, 0.05) is 41.2 Å². The van der Waals surface area contributed by atoms with Crippen LogP contribution < -0.4 is 5.56 Å². The molecule has 4 nitrogen and oxygen atoms in total. The smallest absolute Gasteiger partial charge is 0.262 e. The number of pyridine rings is 1. The Labute approximate surface area is 179 Å². The first-order chi connectivity index (χ1) is 12.9. The molecule has 0 saturated carbocycles. The van der Waals surface area contributed by atoms with Crippen molar-refractivity contribution < 1.29 is 4.74 Å². The second-order valence-electron chi connectivity index (χ2n) is 7.36. The fourth-order valence-corrected chi connectivity index (χ4v) is 5.72. The van der Waals surface area contributed by atoms with E-state index >= 15 is 0 Å². The molecule has 27 heavy (non-hydrogen) atoms. The molecule has 6 heteroatoms. The second-order valence-corrected chi connectivity index (χ2v) is 9.52. The normalized spacial score (nSPS) is 18.0. The number of benzene rings is 1. The maximum atomic E-state index is 12.4. The van der Waals surface area contributed by atoms with E-state index in [1.54, 1.807) is 18.9 Å². The monoisotopic (exact) mass is 498 g/mol. The van der Waals surface area contributed by atoms with Gasteiger partial charge in [-0.1, -0.05) is 17.8 Å². The number of rotatable bonds is 5. The first-order valence-corrected chi connectivity index (χ1v) is 11.2. The molecule has 0 aliphatic carbocycles. The van der Waals surface area contributed by atoms with Crippen molar-refractivity contribution in [3.05, 3.63) is 54.5 Å². The maximum Gasteiger partial charge on any atom is 0.262 e. The van der Waals surface area contributed by atoms with Gasteiger partial charge < -0.3 is 9.72 Å². The summed E-state index contributed by atoms with van der Waals surface area (Å²) in [7, 11) is 1.80. The number of aromatic nitrogens is 1. The summed E-state index contributed by atoms with van der Waals surface area (Å²) >= 11 is 3.90. The van der Waals surface area contributed by atoms with Crippen molar-refractivity contribution in [1.82, 2.24) is 9.88 Å². The Morgan fingerprint density at radius 2 is 1.96 bits per heavy atom. The third-order valence-electron chi connectivity index (χ3n) is 5.02. The standard InChI is InChI=1S/C21H27IN2O2S/c1-13-8-14(2)10-17(9-13)27-20-18(15(3)23-21(25)19(20)22)12-24-7-5-6-16(11-24)26-4/h8-10,16H,5-7,11-12H2,1-4H3,(H,23,25). The molecule has 0 bridgehead atoms. The molecule has 1 N–H and O–H groups in total. The molecular formula is C21H27IN2O2S. The van der Waals surface area contributed by atoms with Gasteiger partial charge in [0.2, 0.25) is 0 Å². The lowest BCUT2D eigenvalue weighted by Gasteiger charge is -2.32. The van der Waals surface area contributed by atoms with Gasteiger partial charge in [0.15, 0.2) is 0 Å². The second kappa shape index (κ2) is 9.11. The van der Waals surface area contributed by atoms with Gasteiger partial charge in [-0.25, -0.2) is 0 Å². The highest BCUT2D eigenvalue weighted by Gasteiger charge is 2.23. The number of H-pyrrole nitrogens is 1. The van der Waals surface area contributed by atoms with Crippen molar-refractivity contribution in [2.75, 3.05) is 20.2 Å². The summed E-state index contributed by atoms with van der Waals surface area (Å²) in [5.74, 6) is 0. The first-order valence-electron chi connectivity index (χ1n) is 9.30. The molecule has 1 unspecified atom stereocenters. The van der Waals surface area contributed by atoms with Gasteiger partial charge >= 0.3 is 0 Å². The molecule has 3 rings (SSSR count). The molecule has 2 heterocycles. The average molecular weight is 498 g/mol. The molecule has 1 saturated heterocycles. The number of aromatic amines is 1. The van der Waals surface area contributed by atoms with Gasteiger partial charge in [-0.15, -0.1) is 0 Å². The summed E-state index contributed by atoms with van der Waals surface area (Å²) in [5.41, 5.74) is 4.67. The van der Waals surface area contributed by atoms with E-state index in [4.69, 9.17) is 4.74 Å². The van der Waals surface area contributed by atoms with Crippen LogP contribution >= 0.6 is 34.4 Å². The number of piperidine rings is 1. The number of hydrogen-bond donors (Lipinski definition) is 1.